The summed E-state index contributed by atoms with van der Waals surface area (Å²) in [5.41, 5.74) is 0. The minimum absolute atomic E-state index is 0.269. The van der Waals surface area contributed by atoms with Gasteiger partial charge in [-0.1, -0.05) is 0 Å². The predicted octanol–water partition coefficient (Wildman–Crippen LogP) is 1.11. The fourth-order valence-electron chi connectivity index (χ4n) is 1.36. The largest absolute Gasteiger partial charge is 0.375 e. The van der Waals surface area contributed by atoms with Crippen LogP contribution in [0.2, 0.25) is 0 Å². The second kappa shape index (κ2) is 5.49. The van der Waals surface area contributed by atoms with Gasteiger partial charge < -0.3 is 10.1 Å². The van der Waals surface area contributed by atoms with Gasteiger partial charge in [0.25, 0.3) is 0 Å². The molecule has 0 aromatic rings. The molecule has 0 aliphatic carbocycles. The van der Waals surface area contributed by atoms with Gasteiger partial charge in [0.05, 0.1) is 12.7 Å². The highest BCUT2D eigenvalue weighted by molar-refractivity contribution is 4.66. The van der Waals surface area contributed by atoms with Crippen molar-refractivity contribution in [2.45, 2.75) is 25.4 Å². The SMILES string of the molecule is FCCOC1CCCNCC1. The molecule has 0 spiro atoms. The Morgan fingerprint density at radius 2 is 2.27 bits per heavy atom. The lowest BCUT2D eigenvalue weighted by atomic mass is 10.2. The number of nitrogens with one attached hydrogen (secondary N) is 1. The summed E-state index contributed by atoms with van der Waals surface area (Å²) in [6.07, 6.45) is 3.55. The number of ether oxygens (including phenoxy) is 1. The fourth-order valence-corrected chi connectivity index (χ4v) is 1.36. The van der Waals surface area contributed by atoms with Gasteiger partial charge in [-0.15, -0.1) is 0 Å². The predicted molar refractivity (Wildman–Crippen MR) is 42.4 cm³/mol. The van der Waals surface area contributed by atoms with Crippen LogP contribution in [0, 0.1) is 0 Å². The van der Waals surface area contributed by atoms with Crippen LogP contribution in [0.1, 0.15) is 19.3 Å². The molecule has 3 heteroatoms. The number of rotatable bonds is 3. The molecule has 0 aromatic carbocycles. The summed E-state index contributed by atoms with van der Waals surface area (Å²) in [6, 6.07) is 0. The zero-order chi connectivity index (χ0) is 7.94. The van der Waals surface area contributed by atoms with Crippen LogP contribution in [0.4, 0.5) is 4.39 Å². The van der Waals surface area contributed by atoms with Crippen molar-refractivity contribution in [1.82, 2.24) is 5.32 Å². The van der Waals surface area contributed by atoms with Gasteiger partial charge in [-0.3, -0.25) is 0 Å². The molecule has 2 nitrogen and oxygen atoms in total. The van der Waals surface area contributed by atoms with E-state index in [0.29, 0.717) is 6.10 Å². The monoisotopic (exact) mass is 161 g/mol. The van der Waals surface area contributed by atoms with E-state index in [1.54, 1.807) is 0 Å². The molecule has 1 aliphatic heterocycles. The third kappa shape index (κ3) is 3.68. The van der Waals surface area contributed by atoms with Crippen molar-refractivity contribution in [3.8, 4) is 0 Å². The van der Waals surface area contributed by atoms with Crippen LogP contribution in [0.3, 0.4) is 0 Å². The van der Waals surface area contributed by atoms with Gasteiger partial charge >= 0.3 is 0 Å². The van der Waals surface area contributed by atoms with Crippen LogP contribution in [0.5, 0.6) is 0 Å². The maximum atomic E-state index is 11.7. The van der Waals surface area contributed by atoms with E-state index in [2.05, 4.69) is 5.32 Å². The number of hydrogen-bond acceptors (Lipinski definition) is 2. The Bertz CT molecular complexity index is 92.1. The van der Waals surface area contributed by atoms with E-state index < -0.39 is 0 Å². The highest BCUT2D eigenvalue weighted by Gasteiger charge is 2.11. The Kier molecular flexibility index (Phi) is 4.47. The minimum atomic E-state index is -0.357. The Labute approximate surface area is 67.1 Å². The Morgan fingerprint density at radius 1 is 1.36 bits per heavy atom. The van der Waals surface area contributed by atoms with Crippen molar-refractivity contribution in [2.75, 3.05) is 26.4 Å². The molecule has 1 heterocycles. The lowest BCUT2D eigenvalue weighted by Crippen LogP contribution is -2.17. The molecule has 66 valence electrons. The fraction of sp³-hybridized carbons (Fsp3) is 1.00. The highest BCUT2D eigenvalue weighted by atomic mass is 19.1. The van der Waals surface area contributed by atoms with Gasteiger partial charge in [0, 0.05) is 0 Å². The first kappa shape index (κ1) is 8.94. The second-order valence-corrected chi connectivity index (χ2v) is 2.86. The smallest absolute Gasteiger partial charge is 0.113 e. The lowest BCUT2D eigenvalue weighted by Gasteiger charge is -2.12. The van der Waals surface area contributed by atoms with E-state index in [0.717, 1.165) is 32.4 Å². The molecular formula is C8H16FNO. The van der Waals surface area contributed by atoms with E-state index in [4.69, 9.17) is 4.74 Å². The van der Waals surface area contributed by atoms with Gasteiger partial charge in [-0.2, -0.15) is 0 Å². The van der Waals surface area contributed by atoms with E-state index >= 15 is 0 Å². The molecule has 1 unspecified atom stereocenters. The second-order valence-electron chi connectivity index (χ2n) is 2.86. The molecule has 1 N–H and O–H groups in total. The van der Waals surface area contributed by atoms with Crippen molar-refractivity contribution in [3.63, 3.8) is 0 Å². The van der Waals surface area contributed by atoms with E-state index in [1.165, 1.54) is 0 Å². The van der Waals surface area contributed by atoms with E-state index in [1.807, 2.05) is 0 Å². The Hall–Kier alpha value is -0.150. The summed E-state index contributed by atoms with van der Waals surface area (Å²) in [6.45, 7) is 2.00. The zero-order valence-corrected chi connectivity index (χ0v) is 6.81. The van der Waals surface area contributed by atoms with Crippen LogP contribution in [0.25, 0.3) is 0 Å². The average molecular weight is 161 g/mol. The van der Waals surface area contributed by atoms with Crippen LogP contribution in [-0.2, 0) is 4.74 Å². The van der Waals surface area contributed by atoms with Crippen molar-refractivity contribution >= 4 is 0 Å². The van der Waals surface area contributed by atoms with Crippen molar-refractivity contribution in [3.05, 3.63) is 0 Å². The van der Waals surface area contributed by atoms with E-state index in [-0.39, 0.29) is 13.3 Å². The summed E-state index contributed by atoms with van der Waals surface area (Å²) in [5, 5.41) is 3.28. The molecule has 0 saturated carbocycles. The van der Waals surface area contributed by atoms with Crippen LogP contribution in [0.15, 0.2) is 0 Å². The maximum absolute atomic E-state index is 11.7. The normalized spacial score (nSPS) is 26.5. The van der Waals surface area contributed by atoms with Gasteiger partial charge in [0.2, 0.25) is 0 Å². The summed E-state index contributed by atoms with van der Waals surface area (Å²) in [5.74, 6) is 0. The topological polar surface area (TPSA) is 21.3 Å². The third-order valence-electron chi connectivity index (χ3n) is 1.95. The minimum Gasteiger partial charge on any atom is -0.375 e. The van der Waals surface area contributed by atoms with Gasteiger partial charge in [0.1, 0.15) is 6.67 Å². The van der Waals surface area contributed by atoms with Gasteiger partial charge in [-0.25, -0.2) is 4.39 Å². The zero-order valence-electron chi connectivity index (χ0n) is 6.81. The first-order valence-corrected chi connectivity index (χ1v) is 4.32. The summed E-state index contributed by atoms with van der Waals surface area (Å²) in [7, 11) is 0. The van der Waals surface area contributed by atoms with Crippen LogP contribution < -0.4 is 5.32 Å². The molecule has 0 radical (unpaired) electrons. The van der Waals surface area contributed by atoms with E-state index in [9.17, 15) is 4.39 Å². The van der Waals surface area contributed by atoms with Crippen LogP contribution >= 0.6 is 0 Å². The van der Waals surface area contributed by atoms with Crippen molar-refractivity contribution in [1.29, 1.82) is 0 Å². The lowest BCUT2D eigenvalue weighted by molar-refractivity contribution is 0.0371. The molecule has 1 aliphatic rings. The number of hydrogen-bond donors (Lipinski definition) is 1. The first-order chi connectivity index (χ1) is 5.43. The number of halogens is 1. The average Bonchev–Trinajstić information content (AvgIpc) is 2.28. The van der Waals surface area contributed by atoms with Gasteiger partial charge in [0.15, 0.2) is 0 Å². The summed E-state index contributed by atoms with van der Waals surface area (Å²) >= 11 is 0. The molecule has 1 saturated heterocycles. The first-order valence-electron chi connectivity index (χ1n) is 4.32. The molecule has 11 heavy (non-hydrogen) atoms. The summed E-state index contributed by atoms with van der Waals surface area (Å²) in [4.78, 5) is 0. The molecule has 0 amide bonds. The molecule has 0 bridgehead atoms. The third-order valence-corrected chi connectivity index (χ3v) is 1.95. The molecule has 0 aromatic heterocycles. The molecule has 1 fully saturated rings. The van der Waals surface area contributed by atoms with Crippen LogP contribution in [-0.4, -0.2) is 32.5 Å². The molecular weight excluding hydrogens is 145 g/mol. The number of alkyl halides is 1. The quantitative estimate of drug-likeness (QED) is 0.669. The highest BCUT2D eigenvalue weighted by Crippen LogP contribution is 2.08. The molecule has 1 atom stereocenters. The maximum Gasteiger partial charge on any atom is 0.113 e. The summed E-state index contributed by atoms with van der Waals surface area (Å²) < 4.78 is 17.0. The standard InChI is InChI=1S/C8H16FNO/c9-4-7-11-8-2-1-5-10-6-3-8/h8,10H,1-7H2. The molecule has 1 rings (SSSR count). The van der Waals surface area contributed by atoms with Crippen molar-refractivity contribution in [2.24, 2.45) is 0 Å². The van der Waals surface area contributed by atoms with Crippen molar-refractivity contribution < 1.29 is 9.13 Å². The Balaban J connectivity index is 2.09. The van der Waals surface area contributed by atoms with Gasteiger partial charge in [-0.05, 0) is 32.4 Å². The Morgan fingerprint density at radius 3 is 3.09 bits per heavy atom.